The van der Waals surface area contributed by atoms with Gasteiger partial charge in [-0.05, 0) is 19.4 Å². The van der Waals surface area contributed by atoms with E-state index in [9.17, 15) is 0 Å². The minimum absolute atomic E-state index is 0. The maximum Gasteiger partial charge on any atom is 0.174 e. The lowest BCUT2D eigenvalue weighted by Gasteiger charge is -1.97. The third-order valence-corrected chi connectivity index (χ3v) is 1.97. The molecule has 2 aromatic rings. The second-order valence-electron chi connectivity index (χ2n) is 3.51. The van der Waals surface area contributed by atoms with E-state index in [0.717, 1.165) is 17.6 Å². The molecule has 0 fully saturated rings. The summed E-state index contributed by atoms with van der Waals surface area (Å²) in [5, 5.41) is 6.61. The van der Waals surface area contributed by atoms with Crippen LogP contribution >= 0.6 is 37.2 Å². The fraction of sp³-hybridized carbons (Fsp3) is 0.300. The number of hydrogen-bond donors (Lipinski definition) is 2. The van der Waals surface area contributed by atoms with Crippen molar-refractivity contribution in [2.75, 3.05) is 0 Å². The number of nitrogens with two attached hydrogens (primary N) is 1. The molecule has 0 aromatic carbocycles. The zero-order valence-electron chi connectivity index (χ0n) is 9.74. The van der Waals surface area contributed by atoms with Crippen molar-refractivity contribution in [2.24, 2.45) is 5.73 Å². The Morgan fingerprint density at radius 3 is 2.72 bits per heavy atom. The lowest BCUT2D eigenvalue weighted by Crippen LogP contribution is -2.12. The lowest BCUT2D eigenvalue weighted by molar-refractivity contribution is 0.759. The SMILES string of the molecule is C[C@H](N)C/C=C/c1cnc2[nH]ncc2n1.Cl.Cl.Cl. The van der Waals surface area contributed by atoms with Crippen LogP contribution < -0.4 is 5.73 Å². The number of hydrogen-bond acceptors (Lipinski definition) is 4. The zero-order chi connectivity index (χ0) is 10.7. The van der Waals surface area contributed by atoms with Gasteiger partial charge in [-0.2, -0.15) is 5.10 Å². The van der Waals surface area contributed by atoms with E-state index >= 15 is 0 Å². The molecular formula is C10H16Cl3N5. The highest BCUT2D eigenvalue weighted by Crippen LogP contribution is 2.06. The van der Waals surface area contributed by atoms with E-state index in [1.807, 2.05) is 19.1 Å². The second-order valence-corrected chi connectivity index (χ2v) is 3.51. The van der Waals surface area contributed by atoms with Gasteiger partial charge in [-0.1, -0.05) is 6.08 Å². The van der Waals surface area contributed by atoms with Crippen LogP contribution in [0, 0.1) is 0 Å². The smallest absolute Gasteiger partial charge is 0.174 e. The standard InChI is InChI=1S/C10H13N5.3ClH/c1-7(11)3-2-4-8-5-12-10-9(14-8)6-13-15-10;;;/h2,4-7H,3,11H2,1H3,(H,12,13,15);3*1H/b4-2+;;;/t7-;;;/m0.../s1. The van der Waals surface area contributed by atoms with Crippen LogP contribution in [0.15, 0.2) is 18.5 Å². The first-order valence-corrected chi connectivity index (χ1v) is 4.84. The zero-order valence-corrected chi connectivity index (χ0v) is 12.2. The molecular weight excluding hydrogens is 297 g/mol. The van der Waals surface area contributed by atoms with E-state index in [-0.39, 0.29) is 43.3 Å². The molecule has 2 rings (SSSR count). The van der Waals surface area contributed by atoms with Gasteiger partial charge in [-0.25, -0.2) is 9.97 Å². The number of H-pyrrole nitrogens is 1. The van der Waals surface area contributed by atoms with Crippen molar-refractivity contribution < 1.29 is 0 Å². The first kappa shape index (κ1) is 19.5. The molecule has 0 unspecified atom stereocenters. The fourth-order valence-electron chi connectivity index (χ4n) is 1.23. The van der Waals surface area contributed by atoms with Gasteiger partial charge in [-0.3, -0.25) is 5.10 Å². The van der Waals surface area contributed by atoms with E-state index in [1.54, 1.807) is 12.4 Å². The van der Waals surface area contributed by atoms with Crippen LogP contribution in [0.3, 0.4) is 0 Å². The third kappa shape index (κ3) is 5.18. The Morgan fingerprint density at radius 2 is 2.06 bits per heavy atom. The highest BCUT2D eigenvalue weighted by molar-refractivity contribution is 5.86. The summed E-state index contributed by atoms with van der Waals surface area (Å²) in [6.45, 7) is 1.97. The van der Waals surface area contributed by atoms with Crippen molar-refractivity contribution in [1.29, 1.82) is 0 Å². The van der Waals surface area contributed by atoms with E-state index in [1.165, 1.54) is 0 Å². The Kier molecular flexibility index (Phi) is 9.84. The predicted molar refractivity (Wildman–Crippen MR) is 80.7 cm³/mol. The fourth-order valence-corrected chi connectivity index (χ4v) is 1.23. The summed E-state index contributed by atoms with van der Waals surface area (Å²) in [6, 6.07) is 0.173. The molecule has 0 amide bonds. The Bertz CT molecular complexity index is 483. The van der Waals surface area contributed by atoms with Gasteiger partial charge in [0.2, 0.25) is 0 Å². The second kappa shape index (κ2) is 9.10. The van der Waals surface area contributed by atoms with Gasteiger partial charge < -0.3 is 5.73 Å². The number of fused-ring (bicyclic) bond motifs is 1. The summed E-state index contributed by atoms with van der Waals surface area (Å²) in [7, 11) is 0. The van der Waals surface area contributed by atoms with Crippen molar-refractivity contribution in [1.82, 2.24) is 20.2 Å². The van der Waals surface area contributed by atoms with Gasteiger partial charge in [-0.15, -0.1) is 37.2 Å². The molecule has 1 atom stereocenters. The van der Waals surface area contributed by atoms with Gasteiger partial charge in [0.05, 0.1) is 18.1 Å². The molecule has 5 nitrogen and oxygen atoms in total. The summed E-state index contributed by atoms with van der Waals surface area (Å²) in [5.74, 6) is 0. The summed E-state index contributed by atoms with van der Waals surface area (Å²) < 4.78 is 0. The van der Waals surface area contributed by atoms with E-state index < -0.39 is 0 Å². The third-order valence-electron chi connectivity index (χ3n) is 1.97. The molecule has 0 bridgehead atoms. The van der Waals surface area contributed by atoms with Gasteiger partial charge in [0.15, 0.2) is 5.65 Å². The Balaban J connectivity index is 0. The maximum absolute atomic E-state index is 5.63. The van der Waals surface area contributed by atoms with Crippen LogP contribution in [0.4, 0.5) is 0 Å². The van der Waals surface area contributed by atoms with Crippen LogP contribution in [-0.4, -0.2) is 26.2 Å². The van der Waals surface area contributed by atoms with Crippen molar-refractivity contribution in [2.45, 2.75) is 19.4 Å². The summed E-state index contributed by atoms with van der Waals surface area (Å²) in [5.41, 5.74) is 7.94. The van der Waals surface area contributed by atoms with Crippen LogP contribution in [-0.2, 0) is 0 Å². The Morgan fingerprint density at radius 1 is 1.33 bits per heavy atom. The van der Waals surface area contributed by atoms with Gasteiger partial charge in [0.25, 0.3) is 0 Å². The Hall–Kier alpha value is -0.880. The highest BCUT2D eigenvalue weighted by Gasteiger charge is 1.98. The number of halogens is 3. The van der Waals surface area contributed by atoms with E-state index in [4.69, 9.17) is 5.73 Å². The van der Waals surface area contributed by atoms with Crippen LogP contribution in [0.5, 0.6) is 0 Å². The number of nitrogens with zero attached hydrogens (tertiary/aromatic N) is 3. The van der Waals surface area contributed by atoms with Gasteiger partial charge >= 0.3 is 0 Å². The number of aromatic amines is 1. The summed E-state index contributed by atoms with van der Waals surface area (Å²) >= 11 is 0. The van der Waals surface area contributed by atoms with Crippen molar-refractivity contribution in [3.63, 3.8) is 0 Å². The minimum Gasteiger partial charge on any atom is -0.328 e. The minimum atomic E-state index is 0. The predicted octanol–water partition coefficient (Wildman–Crippen LogP) is 2.37. The average Bonchev–Trinajstić information content (AvgIpc) is 2.64. The van der Waals surface area contributed by atoms with Crippen molar-refractivity contribution >= 4 is 54.5 Å². The van der Waals surface area contributed by atoms with E-state index in [2.05, 4.69) is 20.2 Å². The highest BCUT2D eigenvalue weighted by atomic mass is 35.5. The molecule has 0 aliphatic rings. The molecule has 2 aromatic heterocycles. The molecule has 0 aliphatic carbocycles. The summed E-state index contributed by atoms with van der Waals surface area (Å²) in [6.07, 6.45) is 8.12. The first-order chi connectivity index (χ1) is 7.25. The van der Waals surface area contributed by atoms with Crippen molar-refractivity contribution in [3.8, 4) is 0 Å². The van der Waals surface area contributed by atoms with Gasteiger partial charge in [0.1, 0.15) is 5.52 Å². The quantitative estimate of drug-likeness (QED) is 0.911. The molecule has 3 N–H and O–H groups in total. The van der Waals surface area contributed by atoms with Gasteiger partial charge in [0, 0.05) is 6.04 Å². The largest absolute Gasteiger partial charge is 0.328 e. The lowest BCUT2D eigenvalue weighted by atomic mass is 10.2. The molecule has 102 valence electrons. The topological polar surface area (TPSA) is 80.5 Å². The van der Waals surface area contributed by atoms with Crippen LogP contribution in [0.2, 0.25) is 0 Å². The van der Waals surface area contributed by atoms with E-state index in [0.29, 0.717) is 5.65 Å². The first-order valence-electron chi connectivity index (χ1n) is 4.84. The van der Waals surface area contributed by atoms with Crippen LogP contribution in [0.1, 0.15) is 19.0 Å². The number of nitrogens with one attached hydrogen (secondary N) is 1. The molecule has 0 spiro atoms. The number of aromatic nitrogens is 4. The molecule has 0 aliphatic heterocycles. The molecule has 0 saturated carbocycles. The Labute approximate surface area is 124 Å². The normalized spacial score (nSPS) is 11.4. The molecule has 18 heavy (non-hydrogen) atoms. The summed E-state index contributed by atoms with van der Waals surface area (Å²) in [4.78, 5) is 8.52. The average molecular weight is 313 g/mol. The van der Waals surface area contributed by atoms with Crippen LogP contribution in [0.25, 0.3) is 17.2 Å². The monoisotopic (exact) mass is 311 g/mol. The maximum atomic E-state index is 5.63. The number of rotatable bonds is 3. The molecule has 0 saturated heterocycles. The molecule has 2 heterocycles. The molecule has 0 radical (unpaired) electrons. The van der Waals surface area contributed by atoms with Crippen molar-refractivity contribution in [3.05, 3.63) is 24.2 Å². The molecule has 8 heteroatoms.